The van der Waals surface area contributed by atoms with Crippen LogP contribution in [-0.4, -0.2) is 16.1 Å². The zero-order valence-corrected chi connectivity index (χ0v) is 21.5. The molecular weight excluding hydrogens is 404 g/mol. The van der Waals surface area contributed by atoms with E-state index in [2.05, 4.69) is 48.9 Å². The van der Waals surface area contributed by atoms with E-state index < -0.39 is 0 Å². The Balaban J connectivity index is 1.60. The van der Waals surface area contributed by atoms with Gasteiger partial charge in [0.05, 0.1) is 0 Å². The van der Waals surface area contributed by atoms with Gasteiger partial charge in [-0.15, -0.1) is 0 Å². The van der Waals surface area contributed by atoms with Crippen LogP contribution >= 0.6 is 0 Å². The predicted octanol–water partition coefficient (Wildman–Crippen LogP) is 8.87. The Bertz CT molecular complexity index is 795. The van der Waals surface area contributed by atoms with Gasteiger partial charge >= 0.3 is 0 Å². The first kappa shape index (κ1) is 25.7. The molecule has 1 aliphatic carbocycles. The molecule has 3 nitrogen and oxygen atoms in total. The third kappa shape index (κ3) is 8.43. The summed E-state index contributed by atoms with van der Waals surface area (Å²) in [5.41, 5.74) is 3.47. The molecule has 0 spiro atoms. The number of nitrogens with zero attached hydrogens (tertiary/aromatic N) is 2. The fraction of sp³-hybridized carbons (Fsp3) is 0.667. The molecule has 1 aromatic heterocycles. The molecule has 0 aliphatic heterocycles. The molecule has 1 fully saturated rings. The average Bonchev–Trinajstić information content (AvgIpc) is 2.85. The first-order chi connectivity index (χ1) is 16.2. The Kier molecular flexibility index (Phi) is 11.2. The lowest BCUT2D eigenvalue weighted by molar-refractivity contribution is 0.0962. The van der Waals surface area contributed by atoms with E-state index >= 15 is 0 Å². The van der Waals surface area contributed by atoms with E-state index in [1.807, 2.05) is 12.4 Å². The summed E-state index contributed by atoms with van der Waals surface area (Å²) in [5, 5.41) is 0. The second-order valence-electron chi connectivity index (χ2n) is 10.1. The summed E-state index contributed by atoms with van der Waals surface area (Å²) in [5.74, 6) is 2.56. The SMILES string of the molecule is CCCCCCCCCC(Oc1ccc(-c2ncc(CCC)cn2)cc1C)C1CCCCC1. The minimum atomic E-state index is 0.357. The molecule has 182 valence electrons. The van der Waals surface area contributed by atoms with Gasteiger partial charge in [-0.1, -0.05) is 78.1 Å². The number of aromatic nitrogens is 2. The van der Waals surface area contributed by atoms with Gasteiger partial charge in [0.25, 0.3) is 0 Å². The maximum absolute atomic E-state index is 6.73. The highest BCUT2D eigenvalue weighted by molar-refractivity contribution is 5.58. The van der Waals surface area contributed by atoms with Gasteiger partial charge in [-0.25, -0.2) is 9.97 Å². The highest BCUT2D eigenvalue weighted by atomic mass is 16.5. The second kappa shape index (κ2) is 14.4. The van der Waals surface area contributed by atoms with Crippen molar-refractivity contribution in [3.8, 4) is 17.1 Å². The fourth-order valence-electron chi connectivity index (χ4n) is 5.20. The third-order valence-corrected chi connectivity index (χ3v) is 7.22. The molecule has 0 radical (unpaired) electrons. The molecular formula is C30H46N2O. The average molecular weight is 451 g/mol. The molecule has 3 heteroatoms. The zero-order chi connectivity index (χ0) is 23.3. The molecule has 0 saturated heterocycles. The topological polar surface area (TPSA) is 35.0 Å². The lowest BCUT2D eigenvalue weighted by atomic mass is 9.83. The normalized spacial score (nSPS) is 15.5. The summed E-state index contributed by atoms with van der Waals surface area (Å²) in [6.45, 7) is 6.64. The van der Waals surface area contributed by atoms with Gasteiger partial charge in [0.15, 0.2) is 5.82 Å². The van der Waals surface area contributed by atoms with Crippen LogP contribution in [0.3, 0.4) is 0 Å². The number of unbranched alkanes of at least 4 members (excludes halogenated alkanes) is 6. The number of ether oxygens (including phenoxy) is 1. The van der Waals surface area contributed by atoms with E-state index in [0.29, 0.717) is 12.0 Å². The molecule has 33 heavy (non-hydrogen) atoms. The van der Waals surface area contributed by atoms with E-state index in [1.165, 1.54) is 94.6 Å². The Morgan fingerprint density at radius 3 is 2.24 bits per heavy atom. The van der Waals surface area contributed by atoms with Crippen LogP contribution in [0.4, 0.5) is 0 Å². The third-order valence-electron chi connectivity index (χ3n) is 7.22. The van der Waals surface area contributed by atoms with Gasteiger partial charge in [-0.2, -0.15) is 0 Å². The van der Waals surface area contributed by atoms with Gasteiger partial charge in [-0.05, 0) is 74.3 Å². The quantitative estimate of drug-likeness (QED) is 0.270. The summed E-state index contributed by atoms with van der Waals surface area (Å²) in [6.07, 6.45) is 23.9. The molecule has 1 aromatic carbocycles. The molecule has 1 aliphatic rings. The Morgan fingerprint density at radius 1 is 0.879 bits per heavy atom. The molecule has 1 unspecified atom stereocenters. The van der Waals surface area contributed by atoms with Crippen molar-refractivity contribution in [2.24, 2.45) is 5.92 Å². The van der Waals surface area contributed by atoms with Crippen molar-refractivity contribution in [2.75, 3.05) is 0 Å². The zero-order valence-electron chi connectivity index (χ0n) is 21.5. The Labute approximate surface area is 202 Å². The van der Waals surface area contributed by atoms with Crippen molar-refractivity contribution >= 4 is 0 Å². The Morgan fingerprint density at radius 2 is 1.58 bits per heavy atom. The van der Waals surface area contributed by atoms with Gasteiger partial charge in [0, 0.05) is 18.0 Å². The fourth-order valence-corrected chi connectivity index (χ4v) is 5.20. The van der Waals surface area contributed by atoms with Gasteiger partial charge in [0.1, 0.15) is 11.9 Å². The molecule has 0 amide bonds. The second-order valence-corrected chi connectivity index (χ2v) is 10.1. The van der Waals surface area contributed by atoms with E-state index in [9.17, 15) is 0 Å². The van der Waals surface area contributed by atoms with Crippen LogP contribution < -0.4 is 4.74 Å². The smallest absolute Gasteiger partial charge is 0.159 e. The largest absolute Gasteiger partial charge is 0.490 e. The molecule has 1 heterocycles. The molecule has 0 N–H and O–H groups in total. The number of hydrogen-bond acceptors (Lipinski definition) is 3. The van der Waals surface area contributed by atoms with Crippen molar-refractivity contribution in [2.45, 2.75) is 123 Å². The number of benzene rings is 1. The summed E-state index contributed by atoms with van der Waals surface area (Å²) in [7, 11) is 0. The van der Waals surface area contributed by atoms with Gasteiger partial charge in [0.2, 0.25) is 0 Å². The molecule has 1 atom stereocenters. The summed E-state index contributed by atoms with van der Waals surface area (Å²) in [4.78, 5) is 9.19. The van der Waals surface area contributed by atoms with Crippen LogP contribution in [0.25, 0.3) is 11.4 Å². The lowest BCUT2D eigenvalue weighted by Crippen LogP contribution is -2.29. The number of rotatable bonds is 14. The predicted molar refractivity (Wildman–Crippen MR) is 140 cm³/mol. The van der Waals surface area contributed by atoms with E-state index in [0.717, 1.165) is 30.0 Å². The monoisotopic (exact) mass is 450 g/mol. The van der Waals surface area contributed by atoms with Crippen LogP contribution in [0.5, 0.6) is 5.75 Å². The maximum Gasteiger partial charge on any atom is 0.159 e. The molecule has 1 saturated carbocycles. The van der Waals surface area contributed by atoms with Crippen LogP contribution in [-0.2, 0) is 6.42 Å². The summed E-state index contributed by atoms with van der Waals surface area (Å²) < 4.78 is 6.73. The summed E-state index contributed by atoms with van der Waals surface area (Å²) in [6, 6.07) is 6.47. The minimum Gasteiger partial charge on any atom is -0.490 e. The van der Waals surface area contributed by atoms with Gasteiger partial charge < -0.3 is 4.74 Å². The van der Waals surface area contributed by atoms with Crippen LogP contribution in [0.15, 0.2) is 30.6 Å². The van der Waals surface area contributed by atoms with Crippen molar-refractivity contribution < 1.29 is 4.74 Å². The molecule has 0 bridgehead atoms. The Hall–Kier alpha value is -1.90. The highest BCUT2D eigenvalue weighted by Gasteiger charge is 2.25. The van der Waals surface area contributed by atoms with Crippen molar-refractivity contribution in [3.63, 3.8) is 0 Å². The van der Waals surface area contributed by atoms with Gasteiger partial charge in [-0.3, -0.25) is 0 Å². The van der Waals surface area contributed by atoms with Crippen LogP contribution in [0.2, 0.25) is 0 Å². The van der Waals surface area contributed by atoms with Crippen LogP contribution in [0, 0.1) is 12.8 Å². The standard InChI is InChI=1S/C30H46N2O/c1-4-6-7-8-9-10-14-18-29(26-16-12-11-13-17-26)33-28-20-19-27(21-24(28)3)30-31-22-25(15-5-2)23-32-30/h19-23,26,29H,4-18H2,1-3H3. The lowest BCUT2D eigenvalue weighted by Gasteiger charge is -2.31. The van der Waals surface area contributed by atoms with E-state index in [4.69, 9.17) is 4.74 Å². The number of aryl methyl sites for hydroxylation is 2. The number of hydrogen-bond donors (Lipinski definition) is 0. The highest BCUT2D eigenvalue weighted by Crippen LogP contribution is 2.33. The van der Waals surface area contributed by atoms with Crippen molar-refractivity contribution in [3.05, 3.63) is 41.7 Å². The maximum atomic E-state index is 6.73. The van der Waals surface area contributed by atoms with Crippen LogP contribution in [0.1, 0.15) is 115 Å². The first-order valence-electron chi connectivity index (χ1n) is 13.8. The minimum absolute atomic E-state index is 0.357. The summed E-state index contributed by atoms with van der Waals surface area (Å²) >= 11 is 0. The molecule has 3 rings (SSSR count). The first-order valence-corrected chi connectivity index (χ1v) is 13.8. The van der Waals surface area contributed by atoms with Crippen molar-refractivity contribution in [1.82, 2.24) is 9.97 Å². The van der Waals surface area contributed by atoms with Crippen molar-refractivity contribution in [1.29, 1.82) is 0 Å². The molecule has 2 aromatic rings. The van der Waals surface area contributed by atoms with E-state index in [-0.39, 0.29) is 0 Å². The van der Waals surface area contributed by atoms with E-state index in [1.54, 1.807) is 0 Å².